The average Bonchev–Trinajstić information content (AvgIpc) is 2.42. The zero-order valence-electron chi connectivity index (χ0n) is 10.7. The lowest BCUT2D eigenvalue weighted by molar-refractivity contribution is -0.141. The van der Waals surface area contributed by atoms with Crippen molar-refractivity contribution in [3.8, 4) is 0 Å². The molecule has 1 amide bonds. The molecular weight excluding hydrogens is 258 g/mol. The first kappa shape index (κ1) is 14.0. The number of nitrogens with two attached hydrogens (primary N) is 1. The van der Waals surface area contributed by atoms with Gasteiger partial charge in [-0.15, -0.1) is 0 Å². The van der Waals surface area contributed by atoms with Crippen molar-refractivity contribution in [2.24, 2.45) is 5.73 Å². The van der Waals surface area contributed by atoms with Crippen LogP contribution < -0.4 is 11.1 Å². The van der Waals surface area contributed by atoms with E-state index in [0.29, 0.717) is 5.69 Å². The van der Waals surface area contributed by atoms with Crippen molar-refractivity contribution in [2.45, 2.75) is 19.0 Å². The highest BCUT2D eigenvalue weighted by Crippen LogP contribution is 2.11. The molecule has 2 rings (SSSR count). The number of para-hydroxylation sites is 1. The Hall–Kier alpha value is -2.47. The first-order chi connectivity index (χ1) is 9.56. The van der Waals surface area contributed by atoms with Crippen LogP contribution in [0.4, 0.5) is 0 Å². The highest BCUT2D eigenvalue weighted by molar-refractivity contribution is 5.83. The van der Waals surface area contributed by atoms with Gasteiger partial charge in [0.2, 0.25) is 5.91 Å². The van der Waals surface area contributed by atoms with E-state index in [1.807, 2.05) is 36.4 Å². The zero-order chi connectivity index (χ0) is 14.5. The number of carboxylic acids is 1. The van der Waals surface area contributed by atoms with Crippen LogP contribution in [0, 0.1) is 0 Å². The van der Waals surface area contributed by atoms with Gasteiger partial charge in [-0.25, -0.2) is 0 Å². The molecule has 0 aliphatic carbocycles. The van der Waals surface area contributed by atoms with Crippen molar-refractivity contribution < 1.29 is 14.7 Å². The summed E-state index contributed by atoms with van der Waals surface area (Å²) in [5.74, 6) is -1.76. The van der Waals surface area contributed by atoms with Gasteiger partial charge in [-0.2, -0.15) is 0 Å². The number of hydrogen-bond donors (Lipinski definition) is 3. The summed E-state index contributed by atoms with van der Waals surface area (Å²) in [5.41, 5.74) is 6.57. The molecule has 0 unspecified atom stereocenters. The third-order valence-corrected chi connectivity index (χ3v) is 2.89. The number of primary amides is 1. The van der Waals surface area contributed by atoms with Crippen LogP contribution >= 0.6 is 0 Å². The quantitative estimate of drug-likeness (QED) is 0.716. The van der Waals surface area contributed by atoms with Gasteiger partial charge in [0, 0.05) is 11.9 Å². The van der Waals surface area contributed by atoms with Crippen LogP contribution in [0.5, 0.6) is 0 Å². The molecule has 6 nitrogen and oxygen atoms in total. The molecule has 104 valence electrons. The Kier molecular flexibility index (Phi) is 4.27. The van der Waals surface area contributed by atoms with Gasteiger partial charge in [0.25, 0.3) is 0 Å². The number of nitrogens with zero attached hydrogens (tertiary/aromatic N) is 1. The number of aromatic nitrogens is 1. The van der Waals surface area contributed by atoms with Gasteiger partial charge in [0.1, 0.15) is 6.04 Å². The molecule has 0 saturated carbocycles. The smallest absolute Gasteiger partial charge is 0.321 e. The molecule has 1 aromatic heterocycles. The van der Waals surface area contributed by atoms with Crippen LogP contribution in [0.2, 0.25) is 0 Å². The van der Waals surface area contributed by atoms with Gasteiger partial charge in [-0.3, -0.25) is 19.9 Å². The minimum absolute atomic E-state index is 0.247. The van der Waals surface area contributed by atoms with Gasteiger partial charge >= 0.3 is 5.97 Å². The van der Waals surface area contributed by atoms with E-state index in [1.54, 1.807) is 0 Å². The maximum absolute atomic E-state index is 11.0. The predicted molar refractivity (Wildman–Crippen MR) is 73.8 cm³/mol. The SMILES string of the molecule is NC(=O)C[C@H](NCc1ccc2ccccc2n1)C(=O)O. The monoisotopic (exact) mass is 273 g/mol. The predicted octanol–water partition coefficient (Wildman–Crippen LogP) is 0.653. The fourth-order valence-electron chi connectivity index (χ4n) is 1.88. The van der Waals surface area contributed by atoms with Gasteiger partial charge in [0.05, 0.1) is 17.6 Å². The van der Waals surface area contributed by atoms with E-state index in [9.17, 15) is 9.59 Å². The fraction of sp³-hybridized carbons (Fsp3) is 0.214. The number of aliphatic carboxylic acids is 1. The van der Waals surface area contributed by atoms with E-state index in [4.69, 9.17) is 10.8 Å². The Morgan fingerprint density at radius 1 is 1.25 bits per heavy atom. The molecule has 2 aromatic rings. The lowest BCUT2D eigenvalue weighted by Gasteiger charge is -2.12. The first-order valence-electron chi connectivity index (χ1n) is 6.15. The minimum atomic E-state index is -1.11. The summed E-state index contributed by atoms with van der Waals surface area (Å²) >= 11 is 0. The number of carbonyl (C=O) groups excluding carboxylic acids is 1. The van der Waals surface area contributed by atoms with Crippen molar-refractivity contribution in [1.82, 2.24) is 10.3 Å². The third-order valence-electron chi connectivity index (χ3n) is 2.89. The standard InChI is InChI=1S/C14H15N3O3/c15-13(18)7-12(14(19)20)16-8-10-6-5-9-3-1-2-4-11(9)17-10/h1-6,12,16H,7-8H2,(H2,15,18)(H,19,20)/t12-/m0/s1. The van der Waals surface area contributed by atoms with Crippen LogP contribution in [0.1, 0.15) is 12.1 Å². The van der Waals surface area contributed by atoms with E-state index in [0.717, 1.165) is 10.9 Å². The normalized spacial score (nSPS) is 12.2. The van der Waals surface area contributed by atoms with Crippen LogP contribution in [0.3, 0.4) is 0 Å². The number of benzene rings is 1. The topological polar surface area (TPSA) is 105 Å². The van der Waals surface area contributed by atoms with Gasteiger partial charge < -0.3 is 10.8 Å². The van der Waals surface area contributed by atoms with Crippen LogP contribution in [0.15, 0.2) is 36.4 Å². The Bertz CT molecular complexity index is 642. The zero-order valence-corrected chi connectivity index (χ0v) is 10.7. The molecular formula is C14H15N3O3. The molecule has 0 bridgehead atoms. The van der Waals surface area contributed by atoms with Crippen molar-refractivity contribution in [3.63, 3.8) is 0 Å². The maximum Gasteiger partial charge on any atom is 0.321 e. The molecule has 1 heterocycles. The van der Waals surface area contributed by atoms with Crippen LogP contribution in [-0.2, 0) is 16.1 Å². The second-order valence-corrected chi connectivity index (χ2v) is 4.44. The number of carboxylic acid groups (broad SMARTS) is 1. The molecule has 0 spiro atoms. The Morgan fingerprint density at radius 2 is 2.00 bits per heavy atom. The maximum atomic E-state index is 11.0. The van der Waals surface area contributed by atoms with Crippen LogP contribution in [0.25, 0.3) is 10.9 Å². The second-order valence-electron chi connectivity index (χ2n) is 4.44. The number of pyridine rings is 1. The highest BCUT2D eigenvalue weighted by atomic mass is 16.4. The van der Waals surface area contributed by atoms with Gasteiger partial charge in [-0.05, 0) is 12.1 Å². The Balaban J connectivity index is 2.07. The lowest BCUT2D eigenvalue weighted by Crippen LogP contribution is -2.39. The van der Waals surface area contributed by atoms with E-state index >= 15 is 0 Å². The summed E-state index contributed by atoms with van der Waals surface area (Å²) < 4.78 is 0. The molecule has 0 aliphatic heterocycles. The average molecular weight is 273 g/mol. The van der Waals surface area contributed by atoms with Crippen molar-refractivity contribution in [1.29, 1.82) is 0 Å². The van der Waals surface area contributed by atoms with E-state index in [-0.39, 0.29) is 13.0 Å². The summed E-state index contributed by atoms with van der Waals surface area (Å²) in [7, 11) is 0. The number of nitrogens with one attached hydrogen (secondary N) is 1. The highest BCUT2D eigenvalue weighted by Gasteiger charge is 2.19. The molecule has 1 atom stereocenters. The minimum Gasteiger partial charge on any atom is -0.480 e. The van der Waals surface area contributed by atoms with Crippen molar-refractivity contribution in [2.75, 3.05) is 0 Å². The molecule has 4 N–H and O–H groups in total. The third kappa shape index (κ3) is 3.52. The summed E-state index contributed by atoms with van der Waals surface area (Å²) in [6.07, 6.45) is -0.247. The molecule has 6 heteroatoms. The summed E-state index contributed by atoms with van der Waals surface area (Å²) in [6, 6.07) is 10.4. The van der Waals surface area contributed by atoms with Gasteiger partial charge in [-0.1, -0.05) is 24.3 Å². The van der Waals surface area contributed by atoms with E-state index in [2.05, 4.69) is 10.3 Å². The number of carbonyl (C=O) groups is 2. The van der Waals surface area contributed by atoms with E-state index in [1.165, 1.54) is 0 Å². The molecule has 0 fully saturated rings. The van der Waals surface area contributed by atoms with Crippen LogP contribution in [-0.4, -0.2) is 28.0 Å². The second kappa shape index (κ2) is 6.12. The van der Waals surface area contributed by atoms with Crippen molar-refractivity contribution >= 4 is 22.8 Å². The summed E-state index contributed by atoms with van der Waals surface area (Å²) in [4.78, 5) is 26.2. The number of rotatable bonds is 6. The molecule has 0 aliphatic rings. The van der Waals surface area contributed by atoms with Crippen molar-refractivity contribution in [3.05, 3.63) is 42.1 Å². The summed E-state index contributed by atoms with van der Waals surface area (Å²) in [6.45, 7) is 0.259. The Morgan fingerprint density at radius 3 is 2.70 bits per heavy atom. The summed E-state index contributed by atoms with van der Waals surface area (Å²) in [5, 5.41) is 12.8. The van der Waals surface area contributed by atoms with Gasteiger partial charge in [0.15, 0.2) is 0 Å². The molecule has 0 saturated heterocycles. The number of hydrogen-bond acceptors (Lipinski definition) is 4. The first-order valence-corrected chi connectivity index (χ1v) is 6.15. The number of amides is 1. The molecule has 20 heavy (non-hydrogen) atoms. The largest absolute Gasteiger partial charge is 0.480 e. The Labute approximate surface area is 115 Å². The fourth-order valence-corrected chi connectivity index (χ4v) is 1.88. The molecule has 1 aromatic carbocycles. The lowest BCUT2D eigenvalue weighted by atomic mass is 10.2. The molecule has 0 radical (unpaired) electrons. The van der Waals surface area contributed by atoms with E-state index < -0.39 is 17.9 Å². The number of fused-ring (bicyclic) bond motifs is 1.